The van der Waals surface area contributed by atoms with Crippen molar-refractivity contribution in [1.82, 2.24) is 4.90 Å². The predicted octanol–water partition coefficient (Wildman–Crippen LogP) is 1.26. The molecular weight excluding hydrogens is 246 g/mol. The van der Waals surface area contributed by atoms with E-state index >= 15 is 0 Å². The summed E-state index contributed by atoms with van der Waals surface area (Å²) in [5, 5.41) is 8.87. The predicted molar refractivity (Wildman–Crippen MR) is 69.1 cm³/mol. The summed E-state index contributed by atoms with van der Waals surface area (Å²) in [6.45, 7) is 3.19. The van der Waals surface area contributed by atoms with Crippen molar-refractivity contribution in [2.45, 2.75) is 56.3 Å². The molecule has 5 heteroatoms. The number of carboxylic acids is 1. The average Bonchev–Trinajstić information content (AvgIpc) is 2.37. The van der Waals surface area contributed by atoms with E-state index in [4.69, 9.17) is 14.6 Å². The van der Waals surface area contributed by atoms with Crippen LogP contribution in [0.4, 0.5) is 0 Å². The highest BCUT2D eigenvalue weighted by molar-refractivity contribution is 5.67. The molecule has 2 aliphatic heterocycles. The molecule has 2 heterocycles. The molecule has 108 valence electrons. The maximum atomic E-state index is 10.8. The van der Waals surface area contributed by atoms with Crippen molar-refractivity contribution in [2.24, 2.45) is 0 Å². The van der Waals surface area contributed by atoms with Crippen LogP contribution in [0, 0.1) is 0 Å². The Bertz CT molecular complexity index is 342. The molecule has 3 rings (SSSR count). The topological polar surface area (TPSA) is 59.0 Å². The van der Waals surface area contributed by atoms with E-state index in [1.807, 2.05) is 0 Å². The van der Waals surface area contributed by atoms with Crippen molar-refractivity contribution in [1.29, 1.82) is 0 Å². The Labute approximate surface area is 113 Å². The molecule has 1 N–H and O–H groups in total. The number of aliphatic carboxylic acids is 1. The van der Waals surface area contributed by atoms with E-state index in [0.717, 1.165) is 32.5 Å². The molecule has 19 heavy (non-hydrogen) atoms. The summed E-state index contributed by atoms with van der Waals surface area (Å²) in [6, 6.07) is 0.550. The Hall–Kier alpha value is -0.650. The van der Waals surface area contributed by atoms with Crippen LogP contribution in [0.25, 0.3) is 0 Å². The van der Waals surface area contributed by atoms with Gasteiger partial charge in [-0.2, -0.15) is 0 Å². The maximum absolute atomic E-state index is 10.8. The van der Waals surface area contributed by atoms with Crippen LogP contribution in [-0.2, 0) is 14.3 Å². The molecule has 5 nitrogen and oxygen atoms in total. The molecule has 0 aromatic heterocycles. The van der Waals surface area contributed by atoms with Gasteiger partial charge in [0.2, 0.25) is 0 Å². The summed E-state index contributed by atoms with van der Waals surface area (Å²) in [4.78, 5) is 13.2. The van der Waals surface area contributed by atoms with Crippen LogP contribution in [0.1, 0.15) is 38.5 Å². The van der Waals surface area contributed by atoms with Gasteiger partial charge in [-0.05, 0) is 32.1 Å². The number of hydrogen-bond acceptors (Lipinski definition) is 4. The minimum Gasteiger partial charge on any atom is -0.481 e. The summed E-state index contributed by atoms with van der Waals surface area (Å²) in [5.41, 5.74) is 0.156. The van der Waals surface area contributed by atoms with Crippen LogP contribution in [0.5, 0.6) is 0 Å². The first-order valence-electron chi connectivity index (χ1n) is 7.38. The molecule has 2 unspecified atom stereocenters. The van der Waals surface area contributed by atoms with Crippen molar-refractivity contribution in [3.63, 3.8) is 0 Å². The molecule has 1 spiro atoms. The molecule has 2 saturated heterocycles. The second-order valence-electron chi connectivity index (χ2n) is 6.12. The highest BCUT2D eigenvalue weighted by Crippen LogP contribution is 2.43. The van der Waals surface area contributed by atoms with Crippen molar-refractivity contribution in [3.8, 4) is 0 Å². The van der Waals surface area contributed by atoms with Crippen molar-refractivity contribution >= 4 is 5.97 Å². The fourth-order valence-corrected chi connectivity index (χ4v) is 3.63. The van der Waals surface area contributed by atoms with E-state index < -0.39 is 5.97 Å². The Morgan fingerprint density at radius 2 is 2.21 bits per heavy atom. The van der Waals surface area contributed by atoms with E-state index in [2.05, 4.69) is 4.90 Å². The summed E-state index contributed by atoms with van der Waals surface area (Å²) < 4.78 is 11.5. The van der Waals surface area contributed by atoms with Gasteiger partial charge in [-0.25, -0.2) is 0 Å². The molecular formula is C14H23NO4. The van der Waals surface area contributed by atoms with Gasteiger partial charge in [-0.15, -0.1) is 0 Å². The second kappa shape index (κ2) is 5.38. The highest BCUT2D eigenvalue weighted by Gasteiger charge is 2.44. The minimum absolute atomic E-state index is 0.116. The molecule has 0 bridgehead atoms. The normalized spacial score (nSPS) is 34.9. The zero-order valence-electron chi connectivity index (χ0n) is 11.3. The van der Waals surface area contributed by atoms with E-state index in [-0.39, 0.29) is 18.1 Å². The Morgan fingerprint density at radius 1 is 1.37 bits per heavy atom. The van der Waals surface area contributed by atoms with Gasteiger partial charge in [0.25, 0.3) is 0 Å². The number of ether oxygens (including phenoxy) is 2. The lowest BCUT2D eigenvalue weighted by atomic mass is 9.73. The lowest BCUT2D eigenvalue weighted by molar-refractivity contribution is -0.161. The van der Waals surface area contributed by atoms with Gasteiger partial charge in [0.05, 0.1) is 24.7 Å². The van der Waals surface area contributed by atoms with Gasteiger partial charge in [0.15, 0.2) is 0 Å². The first kappa shape index (κ1) is 13.3. The van der Waals surface area contributed by atoms with Gasteiger partial charge >= 0.3 is 5.97 Å². The van der Waals surface area contributed by atoms with Crippen LogP contribution in [0.2, 0.25) is 0 Å². The number of hydrogen-bond donors (Lipinski definition) is 1. The average molecular weight is 269 g/mol. The fourth-order valence-electron chi connectivity index (χ4n) is 3.63. The number of nitrogens with zero attached hydrogens (tertiary/aromatic N) is 1. The van der Waals surface area contributed by atoms with E-state index in [9.17, 15) is 4.79 Å². The van der Waals surface area contributed by atoms with Crippen LogP contribution in [0.15, 0.2) is 0 Å². The van der Waals surface area contributed by atoms with Gasteiger partial charge in [-0.1, -0.05) is 0 Å². The third-order valence-corrected chi connectivity index (χ3v) is 4.82. The summed E-state index contributed by atoms with van der Waals surface area (Å²) in [5.74, 6) is -0.769. The van der Waals surface area contributed by atoms with Gasteiger partial charge in [0.1, 0.15) is 0 Å². The fraction of sp³-hybridized carbons (Fsp3) is 0.929. The molecule has 3 aliphatic rings. The van der Waals surface area contributed by atoms with Gasteiger partial charge in [-0.3, -0.25) is 9.69 Å². The zero-order valence-corrected chi connectivity index (χ0v) is 11.3. The first-order chi connectivity index (χ1) is 9.17. The van der Waals surface area contributed by atoms with Crippen molar-refractivity contribution in [2.75, 3.05) is 26.3 Å². The molecule has 0 radical (unpaired) electrons. The Kier molecular flexibility index (Phi) is 3.78. The number of carbonyl (C=O) groups is 1. The molecule has 0 amide bonds. The lowest BCUT2D eigenvalue weighted by Gasteiger charge is -2.50. The maximum Gasteiger partial charge on any atom is 0.306 e. The van der Waals surface area contributed by atoms with Gasteiger partial charge in [0, 0.05) is 25.7 Å². The van der Waals surface area contributed by atoms with E-state index in [1.165, 1.54) is 19.3 Å². The van der Waals surface area contributed by atoms with E-state index in [0.29, 0.717) is 12.6 Å². The number of carboxylic acid groups (broad SMARTS) is 1. The highest BCUT2D eigenvalue weighted by atomic mass is 16.5. The molecule has 1 saturated carbocycles. The van der Waals surface area contributed by atoms with Crippen LogP contribution in [0.3, 0.4) is 0 Å². The van der Waals surface area contributed by atoms with Crippen molar-refractivity contribution < 1.29 is 19.4 Å². The van der Waals surface area contributed by atoms with Crippen molar-refractivity contribution in [3.05, 3.63) is 0 Å². The summed E-state index contributed by atoms with van der Waals surface area (Å²) >= 11 is 0. The standard InChI is InChI=1S/C14H23NO4/c16-13(17)8-12-10-15(5-7-18-12)11-2-6-19-14(9-11)3-1-4-14/h11-12H,1-10H2,(H,16,17). The molecule has 1 aliphatic carbocycles. The van der Waals surface area contributed by atoms with Crippen LogP contribution in [-0.4, -0.2) is 60.0 Å². The van der Waals surface area contributed by atoms with Crippen LogP contribution < -0.4 is 0 Å². The third kappa shape index (κ3) is 2.93. The van der Waals surface area contributed by atoms with Crippen LogP contribution >= 0.6 is 0 Å². The molecule has 0 aromatic carbocycles. The monoisotopic (exact) mass is 269 g/mol. The number of morpholine rings is 1. The SMILES string of the molecule is O=C(O)CC1CN(C2CCOC3(CCC3)C2)CCO1. The zero-order chi connectivity index (χ0) is 13.3. The quantitative estimate of drug-likeness (QED) is 0.836. The smallest absolute Gasteiger partial charge is 0.306 e. The largest absolute Gasteiger partial charge is 0.481 e. The van der Waals surface area contributed by atoms with Gasteiger partial charge < -0.3 is 14.6 Å². The third-order valence-electron chi connectivity index (χ3n) is 4.82. The number of rotatable bonds is 3. The first-order valence-corrected chi connectivity index (χ1v) is 7.38. The molecule has 3 fully saturated rings. The Balaban J connectivity index is 1.57. The minimum atomic E-state index is -0.769. The Morgan fingerprint density at radius 3 is 2.89 bits per heavy atom. The molecule has 0 aromatic rings. The lowest BCUT2D eigenvalue weighted by Crippen LogP contribution is -2.55. The molecule has 2 atom stereocenters. The second-order valence-corrected chi connectivity index (χ2v) is 6.12. The summed E-state index contributed by atoms with van der Waals surface area (Å²) in [6.07, 6.45) is 5.85. The summed E-state index contributed by atoms with van der Waals surface area (Å²) in [7, 11) is 0. The van der Waals surface area contributed by atoms with E-state index in [1.54, 1.807) is 0 Å².